The second kappa shape index (κ2) is 10.9. The summed E-state index contributed by atoms with van der Waals surface area (Å²) < 4.78 is 0. The molecular weight excluding hydrogens is 427 g/mol. The van der Waals surface area contributed by atoms with Crippen LogP contribution in [0, 0.1) is 5.92 Å². The highest BCUT2D eigenvalue weighted by Crippen LogP contribution is 2.26. The molecule has 0 bridgehead atoms. The number of aliphatic imine (C=N–C) groups is 1. The first-order valence-electron chi connectivity index (χ1n) is 10.2. The van der Waals surface area contributed by atoms with Gasteiger partial charge in [0.1, 0.15) is 0 Å². The molecule has 1 heterocycles. The molecule has 5 nitrogen and oxygen atoms in total. The Balaban J connectivity index is 0.00000225. The van der Waals surface area contributed by atoms with E-state index in [0.717, 1.165) is 37.8 Å². The molecule has 1 aliphatic heterocycles. The molecule has 0 amide bonds. The first-order chi connectivity index (χ1) is 11.8. The summed E-state index contributed by atoms with van der Waals surface area (Å²) in [6, 6.07) is 1.38. The van der Waals surface area contributed by atoms with E-state index in [2.05, 4.69) is 20.5 Å². The number of nitrogens with one attached hydrogen (secondary N) is 2. The number of aliphatic hydroxyl groups excluding tert-OH is 1. The molecule has 0 aromatic heterocycles. The zero-order chi connectivity index (χ0) is 16.8. The maximum atomic E-state index is 9.94. The summed E-state index contributed by atoms with van der Waals surface area (Å²) in [5.41, 5.74) is 0. The van der Waals surface area contributed by atoms with Gasteiger partial charge in [-0.3, -0.25) is 4.99 Å². The molecule has 3 rings (SSSR count). The Morgan fingerprint density at radius 1 is 1.00 bits per heavy atom. The monoisotopic (exact) mass is 464 g/mol. The number of piperidine rings is 1. The quantitative estimate of drug-likeness (QED) is 0.340. The first-order valence-corrected chi connectivity index (χ1v) is 10.2. The Kier molecular flexibility index (Phi) is 9.27. The second-order valence-corrected chi connectivity index (χ2v) is 7.96. The van der Waals surface area contributed by atoms with Crippen LogP contribution in [-0.2, 0) is 0 Å². The summed E-state index contributed by atoms with van der Waals surface area (Å²) in [6.07, 6.45) is 12.6. The predicted octanol–water partition coefficient (Wildman–Crippen LogP) is 2.73. The largest absolute Gasteiger partial charge is 0.393 e. The van der Waals surface area contributed by atoms with Crippen molar-refractivity contribution in [2.24, 2.45) is 10.9 Å². The zero-order valence-electron chi connectivity index (χ0n) is 15.8. The van der Waals surface area contributed by atoms with Gasteiger partial charge in [0, 0.05) is 44.7 Å². The molecule has 2 unspecified atom stereocenters. The fourth-order valence-corrected chi connectivity index (χ4v) is 4.73. The van der Waals surface area contributed by atoms with Crippen molar-refractivity contribution in [3.8, 4) is 0 Å². The van der Waals surface area contributed by atoms with Crippen molar-refractivity contribution >= 4 is 29.9 Å². The summed E-state index contributed by atoms with van der Waals surface area (Å²) in [5, 5.41) is 17.0. The maximum absolute atomic E-state index is 9.94. The number of likely N-dealkylation sites (tertiary alicyclic amines) is 1. The lowest BCUT2D eigenvalue weighted by Gasteiger charge is -2.39. The topological polar surface area (TPSA) is 59.9 Å². The highest BCUT2D eigenvalue weighted by Gasteiger charge is 2.27. The van der Waals surface area contributed by atoms with E-state index in [1.807, 2.05) is 7.05 Å². The van der Waals surface area contributed by atoms with Crippen LogP contribution in [0.3, 0.4) is 0 Å². The predicted molar refractivity (Wildman–Crippen MR) is 115 cm³/mol. The SMILES string of the molecule is CN=C(NCC1CCCC1O)NC1CCN(C2CCCCC2)CC1.I. The van der Waals surface area contributed by atoms with Gasteiger partial charge in [0.2, 0.25) is 0 Å². The van der Waals surface area contributed by atoms with E-state index in [-0.39, 0.29) is 30.1 Å². The summed E-state index contributed by atoms with van der Waals surface area (Å²) in [6.45, 7) is 3.28. The molecule has 3 N–H and O–H groups in total. The van der Waals surface area contributed by atoms with Crippen molar-refractivity contribution in [3.63, 3.8) is 0 Å². The van der Waals surface area contributed by atoms with Crippen molar-refractivity contribution in [1.29, 1.82) is 0 Å². The van der Waals surface area contributed by atoms with Crippen molar-refractivity contribution in [2.75, 3.05) is 26.7 Å². The zero-order valence-corrected chi connectivity index (χ0v) is 18.1. The third kappa shape index (κ3) is 6.24. The minimum absolute atomic E-state index is 0. The average molecular weight is 464 g/mol. The van der Waals surface area contributed by atoms with Crippen molar-refractivity contribution < 1.29 is 5.11 Å². The van der Waals surface area contributed by atoms with E-state index in [4.69, 9.17) is 0 Å². The minimum atomic E-state index is -0.130. The van der Waals surface area contributed by atoms with Gasteiger partial charge in [-0.25, -0.2) is 0 Å². The standard InChI is InChI=1S/C19H36N4O.HI/c1-20-19(21-14-15-6-5-9-18(15)24)22-16-10-12-23(13-11-16)17-7-3-2-4-8-17;/h15-18,24H,2-14H2,1H3,(H2,20,21,22);1H. The second-order valence-electron chi connectivity index (χ2n) is 7.96. The molecule has 0 aromatic carbocycles. The minimum Gasteiger partial charge on any atom is -0.393 e. The molecule has 3 aliphatic rings. The molecule has 1 saturated heterocycles. The van der Waals surface area contributed by atoms with Gasteiger partial charge in [0.25, 0.3) is 0 Å². The molecule has 146 valence electrons. The number of guanidine groups is 1. The molecular formula is C19H37IN4O. The third-order valence-corrected chi connectivity index (χ3v) is 6.34. The molecule has 0 aromatic rings. The van der Waals surface area contributed by atoms with E-state index in [1.165, 1.54) is 58.0 Å². The number of rotatable bonds is 4. The number of halogens is 1. The molecule has 3 fully saturated rings. The smallest absolute Gasteiger partial charge is 0.191 e. The van der Waals surface area contributed by atoms with Crippen LogP contribution >= 0.6 is 24.0 Å². The van der Waals surface area contributed by atoms with E-state index < -0.39 is 0 Å². The van der Waals surface area contributed by atoms with Crippen molar-refractivity contribution in [3.05, 3.63) is 0 Å². The number of hydrogen-bond donors (Lipinski definition) is 3. The van der Waals surface area contributed by atoms with E-state index in [9.17, 15) is 5.11 Å². The van der Waals surface area contributed by atoms with Gasteiger partial charge >= 0.3 is 0 Å². The number of nitrogens with zero attached hydrogens (tertiary/aromatic N) is 2. The van der Waals surface area contributed by atoms with E-state index in [1.54, 1.807) is 0 Å². The van der Waals surface area contributed by atoms with Gasteiger partial charge in [0.05, 0.1) is 6.10 Å². The number of aliphatic hydroxyl groups is 1. The van der Waals surface area contributed by atoms with Crippen LogP contribution in [0.1, 0.15) is 64.2 Å². The Labute approximate surface area is 170 Å². The van der Waals surface area contributed by atoms with Crippen LogP contribution in [0.4, 0.5) is 0 Å². The van der Waals surface area contributed by atoms with Gasteiger partial charge in [-0.2, -0.15) is 0 Å². The van der Waals surface area contributed by atoms with E-state index in [0.29, 0.717) is 12.0 Å². The lowest BCUT2D eigenvalue weighted by atomic mass is 9.92. The van der Waals surface area contributed by atoms with Crippen molar-refractivity contribution in [1.82, 2.24) is 15.5 Å². The molecule has 6 heteroatoms. The number of hydrogen-bond acceptors (Lipinski definition) is 3. The van der Waals surface area contributed by atoms with Crippen LogP contribution < -0.4 is 10.6 Å². The summed E-state index contributed by atoms with van der Waals surface area (Å²) in [5.74, 6) is 1.29. The molecule has 25 heavy (non-hydrogen) atoms. The molecule has 2 saturated carbocycles. The van der Waals surface area contributed by atoms with Crippen LogP contribution in [-0.4, -0.2) is 60.8 Å². The first kappa shape index (κ1) is 21.2. The molecule has 2 atom stereocenters. The molecule has 2 aliphatic carbocycles. The highest BCUT2D eigenvalue weighted by atomic mass is 127. The fourth-order valence-electron chi connectivity index (χ4n) is 4.73. The van der Waals surface area contributed by atoms with Crippen LogP contribution in [0.25, 0.3) is 0 Å². The molecule has 0 radical (unpaired) electrons. The highest BCUT2D eigenvalue weighted by molar-refractivity contribution is 14.0. The van der Waals surface area contributed by atoms with Crippen molar-refractivity contribution in [2.45, 2.75) is 82.4 Å². The Bertz CT molecular complexity index is 406. The van der Waals surface area contributed by atoms with E-state index >= 15 is 0 Å². The normalized spacial score (nSPS) is 30.1. The summed E-state index contributed by atoms with van der Waals surface area (Å²) >= 11 is 0. The fraction of sp³-hybridized carbons (Fsp3) is 0.947. The van der Waals surface area contributed by atoms with Gasteiger partial charge < -0.3 is 20.6 Å². The van der Waals surface area contributed by atoms with Gasteiger partial charge in [-0.15, -0.1) is 24.0 Å². The average Bonchev–Trinajstić information content (AvgIpc) is 3.05. The van der Waals surface area contributed by atoms with Crippen LogP contribution in [0.15, 0.2) is 4.99 Å². The Morgan fingerprint density at radius 2 is 1.72 bits per heavy atom. The van der Waals surface area contributed by atoms with Gasteiger partial charge in [0.15, 0.2) is 5.96 Å². The Hall–Kier alpha value is -0.0800. The summed E-state index contributed by atoms with van der Waals surface area (Å²) in [4.78, 5) is 7.10. The van der Waals surface area contributed by atoms with Gasteiger partial charge in [-0.05, 0) is 38.5 Å². The Morgan fingerprint density at radius 3 is 2.32 bits per heavy atom. The summed E-state index contributed by atoms with van der Waals surface area (Å²) in [7, 11) is 1.84. The lowest BCUT2D eigenvalue weighted by Crippen LogP contribution is -2.51. The van der Waals surface area contributed by atoms with Crippen LogP contribution in [0.5, 0.6) is 0 Å². The third-order valence-electron chi connectivity index (χ3n) is 6.34. The molecule has 0 spiro atoms. The maximum Gasteiger partial charge on any atom is 0.191 e. The lowest BCUT2D eigenvalue weighted by molar-refractivity contribution is 0.119. The van der Waals surface area contributed by atoms with Crippen LogP contribution in [0.2, 0.25) is 0 Å². The van der Waals surface area contributed by atoms with Gasteiger partial charge in [-0.1, -0.05) is 25.7 Å².